The lowest BCUT2D eigenvalue weighted by atomic mass is 10.1. The highest BCUT2D eigenvalue weighted by molar-refractivity contribution is 5.28. The number of aromatic nitrogens is 2. The second kappa shape index (κ2) is 5.87. The number of aliphatic hydroxyl groups excluding tert-OH is 1. The van der Waals surface area contributed by atoms with Gasteiger partial charge in [-0.15, -0.1) is 13.2 Å². The molecule has 2 aromatic rings. The molecule has 2 rings (SSSR count). The van der Waals surface area contributed by atoms with Crippen LogP contribution in [0.4, 0.5) is 13.2 Å². The Balaban J connectivity index is 2.00. The van der Waals surface area contributed by atoms with Crippen LogP contribution < -0.4 is 4.74 Å². The Morgan fingerprint density at radius 3 is 2.40 bits per heavy atom. The van der Waals surface area contributed by atoms with Crippen molar-refractivity contribution in [3.63, 3.8) is 0 Å². The molecule has 0 aliphatic heterocycles. The van der Waals surface area contributed by atoms with Crippen molar-refractivity contribution in [3.8, 4) is 5.75 Å². The third-order valence-corrected chi connectivity index (χ3v) is 2.53. The normalized spacial score (nSPS) is 13.0. The zero-order chi connectivity index (χ0) is 14.6. The first-order chi connectivity index (χ1) is 9.44. The minimum absolute atomic E-state index is 0.239. The van der Waals surface area contributed by atoms with Gasteiger partial charge >= 0.3 is 6.36 Å². The van der Waals surface area contributed by atoms with Gasteiger partial charge in [-0.25, -0.2) is 9.97 Å². The third-order valence-electron chi connectivity index (χ3n) is 2.53. The molecule has 1 atom stereocenters. The Labute approximate surface area is 112 Å². The Morgan fingerprint density at radius 2 is 1.85 bits per heavy atom. The van der Waals surface area contributed by atoms with Gasteiger partial charge in [-0.2, -0.15) is 0 Å². The smallest absolute Gasteiger partial charge is 0.406 e. The molecule has 0 amide bonds. The van der Waals surface area contributed by atoms with Crippen LogP contribution in [0.25, 0.3) is 0 Å². The van der Waals surface area contributed by atoms with E-state index in [-0.39, 0.29) is 12.2 Å². The summed E-state index contributed by atoms with van der Waals surface area (Å²) in [7, 11) is 0. The average molecular weight is 284 g/mol. The second-order valence-electron chi connectivity index (χ2n) is 4.05. The van der Waals surface area contributed by atoms with E-state index in [0.717, 1.165) is 0 Å². The molecule has 7 heteroatoms. The summed E-state index contributed by atoms with van der Waals surface area (Å²) >= 11 is 0. The van der Waals surface area contributed by atoms with E-state index in [9.17, 15) is 18.3 Å². The standard InChI is InChI=1S/C13H11F3N2O2/c14-13(15,16)20-10-3-1-9(2-4-10)7-12(19)11-5-6-17-8-18-11/h1-6,8,12,19H,7H2. The predicted molar refractivity (Wildman–Crippen MR) is 63.8 cm³/mol. The van der Waals surface area contributed by atoms with E-state index in [1.54, 1.807) is 6.07 Å². The molecule has 0 aliphatic carbocycles. The maximum Gasteiger partial charge on any atom is 0.573 e. The van der Waals surface area contributed by atoms with Gasteiger partial charge in [0.05, 0.1) is 5.69 Å². The Kier molecular flexibility index (Phi) is 4.19. The molecule has 0 bridgehead atoms. The number of rotatable bonds is 4. The first-order valence-electron chi connectivity index (χ1n) is 5.73. The zero-order valence-electron chi connectivity index (χ0n) is 10.2. The monoisotopic (exact) mass is 284 g/mol. The summed E-state index contributed by atoms with van der Waals surface area (Å²) in [6, 6.07) is 6.91. The van der Waals surface area contributed by atoms with E-state index in [1.165, 1.54) is 36.8 Å². The summed E-state index contributed by atoms with van der Waals surface area (Å²) in [6.07, 6.45) is -2.48. The highest BCUT2D eigenvalue weighted by atomic mass is 19.4. The first kappa shape index (κ1) is 14.3. The van der Waals surface area contributed by atoms with Crippen LogP contribution in [0, 0.1) is 0 Å². The van der Waals surface area contributed by atoms with Gasteiger partial charge in [-0.1, -0.05) is 12.1 Å². The Hall–Kier alpha value is -2.15. The van der Waals surface area contributed by atoms with Crippen molar-refractivity contribution >= 4 is 0 Å². The van der Waals surface area contributed by atoms with Crippen LogP contribution in [0.1, 0.15) is 17.4 Å². The second-order valence-corrected chi connectivity index (χ2v) is 4.05. The lowest BCUT2D eigenvalue weighted by Gasteiger charge is -2.11. The molecule has 1 aromatic heterocycles. The first-order valence-corrected chi connectivity index (χ1v) is 5.73. The van der Waals surface area contributed by atoms with Crippen LogP contribution >= 0.6 is 0 Å². The van der Waals surface area contributed by atoms with Gasteiger partial charge in [0.25, 0.3) is 0 Å². The summed E-state index contributed by atoms with van der Waals surface area (Å²) in [5, 5.41) is 9.93. The van der Waals surface area contributed by atoms with Crippen LogP contribution in [0.15, 0.2) is 42.9 Å². The van der Waals surface area contributed by atoms with Gasteiger partial charge in [0.15, 0.2) is 0 Å². The maximum absolute atomic E-state index is 12.0. The van der Waals surface area contributed by atoms with Crippen LogP contribution in [0.3, 0.4) is 0 Å². The number of alkyl halides is 3. The topological polar surface area (TPSA) is 55.2 Å². The highest BCUT2D eigenvalue weighted by Gasteiger charge is 2.30. The Morgan fingerprint density at radius 1 is 1.15 bits per heavy atom. The van der Waals surface area contributed by atoms with Crippen LogP contribution in [-0.2, 0) is 6.42 Å². The zero-order valence-corrected chi connectivity index (χ0v) is 10.2. The molecule has 106 valence electrons. The van der Waals surface area contributed by atoms with Crippen molar-refractivity contribution in [2.75, 3.05) is 0 Å². The van der Waals surface area contributed by atoms with Gasteiger partial charge in [0, 0.05) is 12.6 Å². The van der Waals surface area contributed by atoms with E-state index in [4.69, 9.17) is 0 Å². The summed E-state index contributed by atoms with van der Waals surface area (Å²) in [5.74, 6) is -0.294. The summed E-state index contributed by atoms with van der Waals surface area (Å²) < 4.78 is 39.8. The van der Waals surface area contributed by atoms with Crippen LogP contribution in [0.5, 0.6) is 5.75 Å². The van der Waals surface area contributed by atoms with E-state index < -0.39 is 12.5 Å². The average Bonchev–Trinajstić information content (AvgIpc) is 2.40. The molecule has 0 saturated carbocycles. The summed E-state index contributed by atoms with van der Waals surface area (Å²) in [4.78, 5) is 7.64. The van der Waals surface area contributed by atoms with Gasteiger partial charge in [-0.05, 0) is 23.8 Å². The van der Waals surface area contributed by atoms with Crippen molar-refractivity contribution in [1.82, 2.24) is 9.97 Å². The van der Waals surface area contributed by atoms with E-state index in [0.29, 0.717) is 11.3 Å². The fourth-order valence-corrected chi connectivity index (χ4v) is 1.65. The highest BCUT2D eigenvalue weighted by Crippen LogP contribution is 2.24. The quantitative estimate of drug-likeness (QED) is 0.937. The number of aliphatic hydroxyl groups is 1. The SMILES string of the molecule is OC(Cc1ccc(OC(F)(F)F)cc1)c1ccncn1. The summed E-state index contributed by atoms with van der Waals surface area (Å²) in [5.41, 5.74) is 1.13. The molecule has 0 saturated heterocycles. The summed E-state index contributed by atoms with van der Waals surface area (Å²) in [6.45, 7) is 0. The van der Waals surface area contributed by atoms with Gasteiger partial charge in [0.2, 0.25) is 0 Å². The number of hydrogen-bond donors (Lipinski definition) is 1. The molecule has 1 aromatic carbocycles. The number of ether oxygens (including phenoxy) is 1. The number of benzene rings is 1. The van der Waals surface area contributed by atoms with Gasteiger partial charge in [-0.3, -0.25) is 0 Å². The molecular weight excluding hydrogens is 273 g/mol. The molecule has 0 spiro atoms. The number of nitrogens with zero attached hydrogens (tertiary/aromatic N) is 2. The van der Waals surface area contributed by atoms with Crippen LogP contribution in [-0.4, -0.2) is 21.4 Å². The molecule has 1 unspecified atom stereocenters. The van der Waals surface area contributed by atoms with Crippen LogP contribution in [0.2, 0.25) is 0 Å². The lowest BCUT2D eigenvalue weighted by Crippen LogP contribution is -2.17. The molecule has 0 aliphatic rings. The van der Waals surface area contributed by atoms with Crippen molar-refractivity contribution in [2.45, 2.75) is 18.9 Å². The van der Waals surface area contributed by atoms with Crippen molar-refractivity contribution in [3.05, 3.63) is 54.1 Å². The molecule has 1 N–H and O–H groups in total. The number of hydrogen-bond acceptors (Lipinski definition) is 4. The fourth-order valence-electron chi connectivity index (χ4n) is 1.65. The molecule has 4 nitrogen and oxygen atoms in total. The van der Waals surface area contributed by atoms with Gasteiger partial charge < -0.3 is 9.84 Å². The third kappa shape index (κ3) is 4.20. The Bertz CT molecular complexity index is 544. The van der Waals surface area contributed by atoms with Crippen molar-refractivity contribution in [1.29, 1.82) is 0 Å². The predicted octanol–water partition coefficient (Wildman–Crippen LogP) is 2.65. The minimum Gasteiger partial charge on any atom is -0.406 e. The number of halogens is 3. The minimum atomic E-state index is -4.71. The largest absolute Gasteiger partial charge is 0.573 e. The molecule has 20 heavy (non-hydrogen) atoms. The van der Waals surface area contributed by atoms with Crippen molar-refractivity contribution in [2.24, 2.45) is 0 Å². The molecule has 0 radical (unpaired) electrons. The lowest BCUT2D eigenvalue weighted by molar-refractivity contribution is -0.274. The maximum atomic E-state index is 12.0. The molecular formula is C13H11F3N2O2. The van der Waals surface area contributed by atoms with Crippen molar-refractivity contribution < 1.29 is 23.0 Å². The van der Waals surface area contributed by atoms with E-state index in [2.05, 4.69) is 14.7 Å². The fraction of sp³-hybridized carbons (Fsp3) is 0.231. The molecule has 0 fully saturated rings. The van der Waals surface area contributed by atoms with E-state index in [1.807, 2.05) is 0 Å². The van der Waals surface area contributed by atoms with E-state index >= 15 is 0 Å². The molecule has 1 heterocycles. The van der Waals surface area contributed by atoms with Gasteiger partial charge in [0.1, 0.15) is 18.2 Å².